The predicted octanol–water partition coefficient (Wildman–Crippen LogP) is 3.66. The fourth-order valence-corrected chi connectivity index (χ4v) is 5.65. The molecule has 7 heteroatoms. The summed E-state index contributed by atoms with van der Waals surface area (Å²) in [4.78, 5) is 14.0. The second-order valence-electron chi connectivity index (χ2n) is 6.85. The van der Waals surface area contributed by atoms with Crippen molar-refractivity contribution in [2.45, 2.75) is 37.6 Å². The summed E-state index contributed by atoms with van der Waals surface area (Å²) >= 11 is 1.60. The monoisotopic (exact) mass is 392 g/mol. The SMILES string of the molecule is CC(C)C(NC(=O)c1cccc(S(=O)(=O)N2CCCC2)c1)c1cccs1. The summed E-state index contributed by atoms with van der Waals surface area (Å²) in [6, 6.07) is 10.2. The molecule has 2 heterocycles. The summed E-state index contributed by atoms with van der Waals surface area (Å²) in [5, 5.41) is 5.03. The van der Waals surface area contributed by atoms with Gasteiger partial charge in [0.05, 0.1) is 10.9 Å². The Morgan fingerprint density at radius 2 is 1.88 bits per heavy atom. The van der Waals surface area contributed by atoms with Crippen LogP contribution in [-0.2, 0) is 10.0 Å². The van der Waals surface area contributed by atoms with Crippen LogP contribution < -0.4 is 5.32 Å². The average Bonchev–Trinajstić information content (AvgIpc) is 3.32. The maximum Gasteiger partial charge on any atom is 0.251 e. The van der Waals surface area contributed by atoms with Crippen LogP contribution in [0, 0.1) is 5.92 Å². The van der Waals surface area contributed by atoms with Crippen LogP contribution >= 0.6 is 11.3 Å². The number of hydrogen-bond donors (Lipinski definition) is 1. The normalized spacial score (nSPS) is 16.7. The second-order valence-corrected chi connectivity index (χ2v) is 9.77. The van der Waals surface area contributed by atoms with Gasteiger partial charge in [-0.1, -0.05) is 26.0 Å². The smallest absolute Gasteiger partial charge is 0.251 e. The van der Waals surface area contributed by atoms with Crippen molar-refractivity contribution in [3.8, 4) is 0 Å². The van der Waals surface area contributed by atoms with Gasteiger partial charge in [-0.2, -0.15) is 4.31 Å². The van der Waals surface area contributed by atoms with Crippen molar-refractivity contribution in [1.82, 2.24) is 9.62 Å². The lowest BCUT2D eigenvalue weighted by Crippen LogP contribution is -2.32. The number of benzene rings is 1. The van der Waals surface area contributed by atoms with Crippen molar-refractivity contribution < 1.29 is 13.2 Å². The van der Waals surface area contributed by atoms with Crippen LogP contribution in [0.1, 0.15) is 48.0 Å². The molecule has 1 aliphatic heterocycles. The third-order valence-electron chi connectivity index (χ3n) is 4.60. The van der Waals surface area contributed by atoms with Crippen molar-refractivity contribution in [1.29, 1.82) is 0 Å². The fraction of sp³-hybridized carbons (Fsp3) is 0.421. The molecular formula is C19H24N2O3S2. The van der Waals surface area contributed by atoms with E-state index in [-0.39, 0.29) is 22.8 Å². The third kappa shape index (κ3) is 4.00. The van der Waals surface area contributed by atoms with Gasteiger partial charge in [0.1, 0.15) is 0 Å². The third-order valence-corrected chi connectivity index (χ3v) is 7.45. The molecule has 2 aromatic rings. The van der Waals surface area contributed by atoms with Crippen molar-refractivity contribution in [2.75, 3.05) is 13.1 Å². The summed E-state index contributed by atoms with van der Waals surface area (Å²) in [7, 11) is -3.53. The largest absolute Gasteiger partial charge is 0.344 e. The highest BCUT2D eigenvalue weighted by molar-refractivity contribution is 7.89. The first-order chi connectivity index (χ1) is 12.4. The molecule has 1 unspecified atom stereocenters. The molecule has 0 radical (unpaired) electrons. The molecule has 1 aromatic heterocycles. The minimum Gasteiger partial charge on any atom is -0.344 e. The molecule has 0 bridgehead atoms. The van der Waals surface area contributed by atoms with E-state index in [2.05, 4.69) is 19.2 Å². The molecule has 140 valence electrons. The molecule has 1 aliphatic rings. The van der Waals surface area contributed by atoms with E-state index in [1.165, 1.54) is 10.4 Å². The minimum absolute atomic E-state index is 0.0960. The van der Waals surface area contributed by atoms with Crippen LogP contribution in [0.25, 0.3) is 0 Å². The molecule has 0 spiro atoms. The quantitative estimate of drug-likeness (QED) is 0.816. The number of carbonyl (C=O) groups excluding carboxylic acids is 1. The number of thiophene rings is 1. The molecule has 3 rings (SSSR count). The lowest BCUT2D eigenvalue weighted by molar-refractivity contribution is 0.0926. The van der Waals surface area contributed by atoms with E-state index < -0.39 is 10.0 Å². The maximum absolute atomic E-state index is 12.7. The zero-order valence-corrected chi connectivity index (χ0v) is 16.6. The fourth-order valence-electron chi connectivity index (χ4n) is 3.13. The van der Waals surface area contributed by atoms with E-state index in [4.69, 9.17) is 0 Å². The summed E-state index contributed by atoms with van der Waals surface area (Å²) in [6.07, 6.45) is 1.77. The summed E-state index contributed by atoms with van der Waals surface area (Å²) in [5.41, 5.74) is 0.368. The molecule has 1 N–H and O–H groups in total. The van der Waals surface area contributed by atoms with Crippen LogP contribution in [0.2, 0.25) is 0 Å². The Hall–Kier alpha value is -1.70. The molecule has 1 saturated heterocycles. The van der Waals surface area contributed by atoms with E-state index in [1.54, 1.807) is 29.5 Å². The van der Waals surface area contributed by atoms with Gasteiger partial charge in [0.25, 0.3) is 5.91 Å². The average molecular weight is 393 g/mol. The predicted molar refractivity (Wildman–Crippen MR) is 104 cm³/mol. The van der Waals surface area contributed by atoms with E-state index >= 15 is 0 Å². The van der Waals surface area contributed by atoms with Gasteiger partial charge in [-0.3, -0.25) is 4.79 Å². The Morgan fingerprint density at radius 1 is 1.15 bits per heavy atom. The van der Waals surface area contributed by atoms with Crippen LogP contribution in [-0.4, -0.2) is 31.7 Å². The number of nitrogens with one attached hydrogen (secondary N) is 1. The molecule has 5 nitrogen and oxygen atoms in total. The number of nitrogens with zero attached hydrogens (tertiary/aromatic N) is 1. The van der Waals surface area contributed by atoms with Gasteiger partial charge in [-0.15, -0.1) is 11.3 Å². The first-order valence-corrected chi connectivity index (χ1v) is 11.2. The molecule has 1 atom stereocenters. The Bertz CT molecular complexity index is 855. The Kier molecular flexibility index (Phi) is 5.79. The Balaban J connectivity index is 1.82. The summed E-state index contributed by atoms with van der Waals surface area (Å²) in [5.74, 6) is -0.0234. The number of amides is 1. The van der Waals surface area contributed by atoms with Crippen molar-refractivity contribution >= 4 is 27.3 Å². The maximum atomic E-state index is 12.7. The zero-order valence-electron chi connectivity index (χ0n) is 15.0. The molecular weight excluding hydrogens is 368 g/mol. The van der Waals surface area contributed by atoms with E-state index in [1.807, 2.05) is 17.5 Å². The highest BCUT2D eigenvalue weighted by Crippen LogP contribution is 2.27. The van der Waals surface area contributed by atoms with E-state index in [9.17, 15) is 13.2 Å². The molecule has 26 heavy (non-hydrogen) atoms. The van der Waals surface area contributed by atoms with Crippen molar-refractivity contribution in [2.24, 2.45) is 5.92 Å². The summed E-state index contributed by atoms with van der Waals surface area (Å²) < 4.78 is 26.9. The van der Waals surface area contributed by atoms with Crippen LogP contribution in [0.15, 0.2) is 46.7 Å². The first kappa shape index (κ1) is 19.1. The lowest BCUT2D eigenvalue weighted by Gasteiger charge is -2.21. The van der Waals surface area contributed by atoms with Gasteiger partial charge in [0, 0.05) is 23.5 Å². The topological polar surface area (TPSA) is 66.5 Å². The molecule has 1 amide bonds. The lowest BCUT2D eigenvalue weighted by atomic mass is 10.0. The number of rotatable bonds is 6. The van der Waals surface area contributed by atoms with Crippen LogP contribution in [0.5, 0.6) is 0 Å². The van der Waals surface area contributed by atoms with Crippen molar-refractivity contribution in [3.63, 3.8) is 0 Å². The van der Waals surface area contributed by atoms with Crippen LogP contribution in [0.3, 0.4) is 0 Å². The Morgan fingerprint density at radius 3 is 2.50 bits per heavy atom. The van der Waals surface area contributed by atoms with Gasteiger partial charge in [-0.25, -0.2) is 8.42 Å². The zero-order chi connectivity index (χ0) is 18.7. The molecule has 0 aliphatic carbocycles. The van der Waals surface area contributed by atoms with Gasteiger partial charge < -0.3 is 5.32 Å². The standard InChI is InChI=1S/C19H24N2O3S2/c1-14(2)18(17-9-6-12-25-17)20-19(22)15-7-5-8-16(13-15)26(23,24)21-10-3-4-11-21/h5-9,12-14,18H,3-4,10-11H2,1-2H3,(H,20,22). The van der Waals surface area contributed by atoms with Gasteiger partial charge in [0.2, 0.25) is 10.0 Å². The van der Waals surface area contributed by atoms with E-state index in [0.717, 1.165) is 17.7 Å². The molecule has 1 aromatic carbocycles. The molecule has 1 fully saturated rings. The van der Waals surface area contributed by atoms with Crippen LogP contribution in [0.4, 0.5) is 0 Å². The first-order valence-electron chi connectivity index (χ1n) is 8.84. The van der Waals surface area contributed by atoms with E-state index in [0.29, 0.717) is 18.7 Å². The van der Waals surface area contributed by atoms with Gasteiger partial charge in [-0.05, 0) is 48.4 Å². The van der Waals surface area contributed by atoms with Gasteiger partial charge in [0.15, 0.2) is 0 Å². The highest BCUT2D eigenvalue weighted by atomic mass is 32.2. The number of carbonyl (C=O) groups is 1. The minimum atomic E-state index is -3.53. The number of hydrogen-bond acceptors (Lipinski definition) is 4. The van der Waals surface area contributed by atoms with Gasteiger partial charge >= 0.3 is 0 Å². The highest BCUT2D eigenvalue weighted by Gasteiger charge is 2.28. The number of sulfonamides is 1. The van der Waals surface area contributed by atoms with Crippen molar-refractivity contribution in [3.05, 3.63) is 52.2 Å². The Labute approximate surface area is 159 Å². The summed E-state index contributed by atoms with van der Waals surface area (Å²) in [6.45, 7) is 5.21. The second kappa shape index (κ2) is 7.90. The molecule has 0 saturated carbocycles.